The van der Waals surface area contributed by atoms with Gasteiger partial charge in [-0.1, -0.05) is 24.6 Å². The van der Waals surface area contributed by atoms with Crippen LogP contribution in [-0.4, -0.2) is 42.1 Å². The minimum atomic E-state index is -0.838. The Morgan fingerprint density at radius 3 is 2.26 bits per heavy atom. The molecule has 0 saturated carbocycles. The molecule has 228 valence electrons. The highest BCUT2D eigenvalue weighted by Gasteiger charge is 2.25. The van der Waals surface area contributed by atoms with Crippen LogP contribution in [0.5, 0.6) is 11.5 Å². The van der Waals surface area contributed by atoms with E-state index in [0.717, 1.165) is 23.3 Å². The first-order valence-electron chi connectivity index (χ1n) is 13.5. The lowest BCUT2D eigenvalue weighted by molar-refractivity contribution is -0.393. The van der Waals surface area contributed by atoms with Gasteiger partial charge in [-0.25, -0.2) is 0 Å². The molecular weight excluding hydrogens is 624 g/mol. The zero-order chi connectivity index (χ0) is 31.8. The molecule has 3 rings (SSSR count). The molecule has 0 aromatic heterocycles. The highest BCUT2D eigenvalue weighted by molar-refractivity contribution is 9.10. The van der Waals surface area contributed by atoms with E-state index in [1.807, 2.05) is 57.7 Å². The Bertz CT molecular complexity index is 1560. The molecule has 13 nitrogen and oxygen atoms in total. The SMILES string of the molecule is CCC(Oc1ccc(C)cc1C)C(=O)Nc1cc(N(CC)CC)c(OC)cc1N=Nc1c(Br)cc([N+](=O)[O-])cc1[N+](=O)[O-]. The normalized spacial score (nSPS) is 11.7. The smallest absolute Gasteiger partial charge is 0.304 e. The number of ether oxygens (including phenoxy) is 2. The maximum absolute atomic E-state index is 13.5. The standard InChI is InChI=1S/C29H33BrN6O7/c1-7-25(43-26-11-10-17(4)12-18(26)5)29(37)31-21-15-23(34(8-2)9-3)27(42-6)16-22(21)32-33-28-20(30)13-19(35(38)39)14-24(28)36(40)41/h10-16,25H,7-9H2,1-6H3,(H,31,37). The second kappa shape index (κ2) is 14.5. The van der Waals surface area contributed by atoms with Gasteiger partial charge < -0.3 is 19.7 Å². The molecule has 1 unspecified atom stereocenters. The number of carbonyl (C=O) groups excluding carboxylic acids is 1. The van der Waals surface area contributed by atoms with Crippen LogP contribution < -0.4 is 19.7 Å². The van der Waals surface area contributed by atoms with E-state index >= 15 is 0 Å². The van der Waals surface area contributed by atoms with Crippen molar-refractivity contribution < 1.29 is 24.1 Å². The van der Waals surface area contributed by atoms with E-state index < -0.39 is 33.2 Å². The van der Waals surface area contributed by atoms with Gasteiger partial charge in [-0.3, -0.25) is 25.0 Å². The molecule has 0 aliphatic carbocycles. The largest absolute Gasteiger partial charge is 0.494 e. The molecule has 0 bridgehead atoms. The summed E-state index contributed by atoms with van der Waals surface area (Å²) in [4.78, 5) is 37.0. The van der Waals surface area contributed by atoms with Crippen molar-refractivity contribution in [1.82, 2.24) is 0 Å². The fourth-order valence-electron chi connectivity index (χ4n) is 4.35. The van der Waals surface area contributed by atoms with E-state index in [0.29, 0.717) is 36.7 Å². The quantitative estimate of drug-likeness (QED) is 0.110. The highest BCUT2D eigenvalue weighted by atomic mass is 79.9. The Balaban J connectivity index is 2.10. The van der Waals surface area contributed by atoms with Gasteiger partial charge in [0, 0.05) is 25.2 Å². The van der Waals surface area contributed by atoms with Crippen molar-refractivity contribution in [2.75, 3.05) is 30.4 Å². The predicted octanol–water partition coefficient (Wildman–Crippen LogP) is 7.95. The number of nitrogens with zero attached hydrogens (tertiary/aromatic N) is 5. The molecular formula is C29H33BrN6O7. The van der Waals surface area contributed by atoms with Crippen LogP contribution in [0.4, 0.5) is 34.1 Å². The van der Waals surface area contributed by atoms with Gasteiger partial charge in [0.25, 0.3) is 11.6 Å². The maximum atomic E-state index is 13.5. The van der Waals surface area contributed by atoms with Gasteiger partial charge in [0.05, 0.1) is 38.9 Å². The number of hydrogen-bond acceptors (Lipinski definition) is 10. The number of rotatable bonds is 13. The lowest BCUT2D eigenvalue weighted by Crippen LogP contribution is -2.32. The summed E-state index contributed by atoms with van der Waals surface area (Å²) in [6, 6.07) is 10.9. The monoisotopic (exact) mass is 656 g/mol. The highest BCUT2D eigenvalue weighted by Crippen LogP contribution is 2.43. The predicted molar refractivity (Wildman–Crippen MR) is 167 cm³/mol. The van der Waals surface area contributed by atoms with Crippen LogP contribution in [0.3, 0.4) is 0 Å². The summed E-state index contributed by atoms with van der Waals surface area (Å²) in [5, 5.41) is 34.1. The van der Waals surface area contributed by atoms with Gasteiger partial charge >= 0.3 is 5.69 Å². The average molecular weight is 658 g/mol. The number of nitro benzene ring substituents is 2. The summed E-state index contributed by atoms with van der Waals surface area (Å²) in [6.07, 6.45) is -0.466. The van der Waals surface area contributed by atoms with Crippen LogP contribution in [0.15, 0.2) is 57.2 Å². The summed E-state index contributed by atoms with van der Waals surface area (Å²) in [7, 11) is 1.49. The minimum absolute atomic E-state index is 0.00220. The number of anilines is 2. The molecule has 14 heteroatoms. The molecule has 43 heavy (non-hydrogen) atoms. The van der Waals surface area contributed by atoms with Gasteiger partial charge in [0.2, 0.25) is 0 Å². The number of amides is 1. The Morgan fingerprint density at radius 1 is 1.00 bits per heavy atom. The number of carbonyl (C=O) groups is 1. The number of nitro groups is 2. The number of nitrogens with one attached hydrogen (secondary N) is 1. The summed E-state index contributed by atoms with van der Waals surface area (Å²) >= 11 is 3.13. The number of hydrogen-bond donors (Lipinski definition) is 1. The first-order valence-corrected chi connectivity index (χ1v) is 14.3. The Labute approximate surface area is 257 Å². The van der Waals surface area contributed by atoms with Crippen LogP contribution in [0, 0.1) is 34.1 Å². The minimum Gasteiger partial charge on any atom is -0.494 e. The molecule has 0 saturated heterocycles. The van der Waals surface area contributed by atoms with Crippen LogP contribution >= 0.6 is 15.9 Å². The Hall–Kier alpha value is -4.59. The zero-order valence-electron chi connectivity index (χ0n) is 24.7. The zero-order valence-corrected chi connectivity index (χ0v) is 26.3. The molecule has 3 aromatic rings. The summed E-state index contributed by atoms with van der Waals surface area (Å²) in [6.45, 7) is 11.0. The molecule has 0 spiro atoms. The Morgan fingerprint density at radius 2 is 1.70 bits per heavy atom. The molecule has 3 aromatic carbocycles. The number of aryl methyl sites for hydroxylation is 2. The molecule has 1 atom stereocenters. The first-order chi connectivity index (χ1) is 20.4. The number of methoxy groups -OCH3 is 1. The summed E-state index contributed by atoms with van der Waals surface area (Å²) in [5.41, 5.74) is 1.72. The van der Waals surface area contributed by atoms with E-state index in [1.165, 1.54) is 7.11 Å². The second-order valence-electron chi connectivity index (χ2n) is 9.50. The number of halogens is 1. The third kappa shape index (κ3) is 7.83. The van der Waals surface area contributed by atoms with Crippen LogP contribution in [0.2, 0.25) is 0 Å². The second-order valence-corrected chi connectivity index (χ2v) is 10.4. The average Bonchev–Trinajstić information content (AvgIpc) is 2.96. The van der Waals surface area contributed by atoms with E-state index in [9.17, 15) is 25.0 Å². The molecule has 0 aliphatic heterocycles. The van der Waals surface area contributed by atoms with Crippen molar-refractivity contribution in [2.24, 2.45) is 10.2 Å². The fourth-order valence-corrected chi connectivity index (χ4v) is 4.87. The van der Waals surface area contributed by atoms with E-state index in [-0.39, 0.29) is 21.5 Å². The first kappa shape index (κ1) is 32.9. The third-order valence-corrected chi connectivity index (χ3v) is 7.22. The lowest BCUT2D eigenvalue weighted by atomic mass is 10.1. The fraction of sp³-hybridized carbons (Fsp3) is 0.345. The molecule has 0 radical (unpaired) electrons. The van der Waals surface area contributed by atoms with Crippen LogP contribution in [0.25, 0.3) is 0 Å². The number of benzene rings is 3. The van der Waals surface area contributed by atoms with Crippen molar-refractivity contribution in [2.45, 2.75) is 47.1 Å². The van der Waals surface area contributed by atoms with Gasteiger partial charge in [0.15, 0.2) is 11.8 Å². The molecule has 0 heterocycles. The van der Waals surface area contributed by atoms with Crippen molar-refractivity contribution >= 4 is 56.0 Å². The molecule has 1 amide bonds. The van der Waals surface area contributed by atoms with Gasteiger partial charge in [-0.2, -0.15) is 0 Å². The van der Waals surface area contributed by atoms with Gasteiger partial charge in [-0.15, -0.1) is 10.2 Å². The van der Waals surface area contributed by atoms with Gasteiger partial charge in [0.1, 0.15) is 17.2 Å². The lowest BCUT2D eigenvalue weighted by Gasteiger charge is -2.25. The molecule has 1 N–H and O–H groups in total. The van der Waals surface area contributed by atoms with Gasteiger partial charge in [-0.05, 0) is 67.7 Å². The van der Waals surface area contributed by atoms with E-state index in [4.69, 9.17) is 9.47 Å². The van der Waals surface area contributed by atoms with Crippen LogP contribution in [0.1, 0.15) is 38.3 Å². The topological polar surface area (TPSA) is 162 Å². The van der Waals surface area contributed by atoms with Crippen LogP contribution in [-0.2, 0) is 4.79 Å². The van der Waals surface area contributed by atoms with Crippen molar-refractivity contribution in [3.63, 3.8) is 0 Å². The Kier molecular flexibility index (Phi) is 11.1. The molecule has 0 aliphatic rings. The number of non-ortho nitro benzene ring substituents is 1. The van der Waals surface area contributed by atoms with E-state index in [1.54, 1.807) is 12.1 Å². The summed E-state index contributed by atoms with van der Waals surface area (Å²) < 4.78 is 11.7. The van der Waals surface area contributed by atoms with Crippen molar-refractivity contribution in [1.29, 1.82) is 0 Å². The summed E-state index contributed by atoms with van der Waals surface area (Å²) in [5.74, 6) is 0.588. The van der Waals surface area contributed by atoms with Crippen molar-refractivity contribution in [3.05, 3.63) is 78.3 Å². The van der Waals surface area contributed by atoms with E-state index in [2.05, 4.69) is 31.5 Å². The maximum Gasteiger partial charge on any atom is 0.304 e. The number of azo groups is 1. The van der Waals surface area contributed by atoms with Crippen molar-refractivity contribution in [3.8, 4) is 11.5 Å². The molecule has 0 fully saturated rings. The third-order valence-electron chi connectivity index (χ3n) is 6.62.